The van der Waals surface area contributed by atoms with Gasteiger partial charge in [0.15, 0.2) is 5.82 Å². The summed E-state index contributed by atoms with van der Waals surface area (Å²) >= 11 is 0. The second-order valence-corrected chi connectivity index (χ2v) is 17.9. The molecule has 8 aromatic rings. The first kappa shape index (κ1) is 29.8. The molecule has 0 N–H and O–H groups in total. The summed E-state index contributed by atoms with van der Waals surface area (Å²) in [5, 5.41) is 1.66. The molecule has 0 aliphatic rings. The van der Waals surface area contributed by atoms with Gasteiger partial charge < -0.3 is 14.4 Å². The van der Waals surface area contributed by atoms with Crippen molar-refractivity contribution in [2.75, 3.05) is 0 Å². The predicted octanol–water partition coefficient (Wildman–Crippen LogP) is 13.9. The zero-order valence-electron chi connectivity index (χ0n) is 49.7. The summed E-state index contributed by atoms with van der Waals surface area (Å²) in [5.74, 6) is 2.05. The number of aryl methyl sites for hydroxylation is 4. The third kappa shape index (κ3) is 10.2. The third-order valence-electron chi connectivity index (χ3n) is 9.53. The molecule has 4 aromatic carbocycles. The van der Waals surface area contributed by atoms with Gasteiger partial charge in [-0.1, -0.05) is 140 Å². The molecule has 6 nitrogen and oxygen atoms in total. The van der Waals surface area contributed by atoms with E-state index in [2.05, 4.69) is 63.6 Å². The fourth-order valence-electron chi connectivity index (χ4n) is 6.47. The van der Waals surface area contributed by atoms with Gasteiger partial charge in [0.2, 0.25) is 0 Å². The summed E-state index contributed by atoms with van der Waals surface area (Å²) in [6, 6.07) is 30.6. The van der Waals surface area contributed by atoms with Crippen molar-refractivity contribution in [3.05, 3.63) is 149 Å². The molecule has 0 bridgehead atoms. The van der Waals surface area contributed by atoms with E-state index in [9.17, 15) is 0 Å². The fraction of sp³-hybridized carbons (Fsp3) is 0.315. The molecular weight excluding hydrogens is 927 g/mol. The van der Waals surface area contributed by atoms with E-state index < -0.39 is 39.2 Å². The van der Waals surface area contributed by atoms with E-state index in [4.69, 9.17) is 38.6 Å². The molecule has 0 amide bonds. The fourth-order valence-corrected chi connectivity index (χ4v) is 6.47. The van der Waals surface area contributed by atoms with Crippen molar-refractivity contribution in [3.63, 3.8) is 0 Å². The van der Waals surface area contributed by atoms with Crippen LogP contribution in [0.15, 0.2) is 102 Å². The Balaban J connectivity index is 0.000000279. The summed E-state index contributed by atoms with van der Waals surface area (Å²) in [6.07, 6.45) is 0.368. The Morgan fingerprint density at radius 1 is 0.639 bits per heavy atom. The molecule has 4 heterocycles. The smallest absolute Gasteiger partial charge is 0.163 e. The van der Waals surface area contributed by atoms with Gasteiger partial charge in [-0.15, -0.1) is 53.6 Å². The summed E-state index contributed by atoms with van der Waals surface area (Å²) in [5.41, 5.74) is 3.29. The minimum atomic E-state index is -2.65. The van der Waals surface area contributed by atoms with Gasteiger partial charge in [-0.05, 0) is 66.5 Å². The standard InChI is InChI=1S/C36H35N4O.C18H22N.Ir/c1-21-18-29(37-20-22(21)2)28-17-11-16-27-26-15-10-14-25(30(26)41-31(27)28)23-12-9-13-24(19-23)32-38-33(35(3,4)5)40-34(39-32)36(6,7)8;1-13-6-8-15(9-7-13)17-10-16(11-18(3,4)5)14(2)12-19-17;/h9-16,18-20H,1-8H3;6-8,10,12H,11H2,1-5H3;/q2*-1;/i1D3,2D3;1D3,2D3,11D2;. The Hall–Kier alpha value is -5.36. The molecule has 0 aliphatic carbocycles. The van der Waals surface area contributed by atoms with Crippen LogP contribution in [-0.4, -0.2) is 24.9 Å². The van der Waals surface area contributed by atoms with Crippen LogP contribution in [0.1, 0.15) is 121 Å². The average molecular weight is 998 g/mol. The molecule has 8 rings (SSSR count). The van der Waals surface area contributed by atoms with E-state index in [1.165, 1.54) is 36.5 Å². The Morgan fingerprint density at radius 3 is 1.97 bits per heavy atom. The minimum Gasteiger partial charge on any atom is -0.500 e. The van der Waals surface area contributed by atoms with Gasteiger partial charge in [-0.2, -0.15) is 0 Å². The Labute approximate surface area is 395 Å². The quantitative estimate of drug-likeness (QED) is 0.160. The summed E-state index contributed by atoms with van der Waals surface area (Å²) < 4.78 is 117. The van der Waals surface area contributed by atoms with Crippen LogP contribution in [0.3, 0.4) is 0 Å². The van der Waals surface area contributed by atoms with Gasteiger partial charge in [-0.3, -0.25) is 0 Å². The molecule has 315 valence electrons. The Bertz CT molecular complexity index is 3340. The molecule has 61 heavy (non-hydrogen) atoms. The average Bonchev–Trinajstić information content (AvgIpc) is 3.69. The summed E-state index contributed by atoms with van der Waals surface area (Å²) in [4.78, 5) is 23.1. The predicted molar refractivity (Wildman–Crippen MR) is 248 cm³/mol. The number of pyridine rings is 2. The first-order valence-electron chi connectivity index (χ1n) is 26.7. The number of para-hydroxylation sites is 1. The molecule has 7 heteroatoms. The molecule has 0 aliphatic heterocycles. The second kappa shape index (κ2) is 17.6. The number of furan rings is 1. The molecule has 0 fully saturated rings. The van der Waals surface area contributed by atoms with E-state index >= 15 is 0 Å². The number of hydrogen-bond acceptors (Lipinski definition) is 6. The molecule has 1 radical (unpaired) electrons. The van der Waals surface area contributed by atoms with Crippen LogP contribution >= 0.6 is 0 Å². The number of fused-ring (bicyclic) bond motifs is 3. The number of rotatable bonds is 5. The van der Waals surface area contributed by atoms with Gasteiger partial charge in [0, 0.05) is 79.0 Å². The molecule has 0 unspecified atom stereocenters. The van der Waals surface area contributed by atoms with Crippen LogP contribution in [0.2, 0.25) is 0 Å². The third-order valence-corrected chi connectivity index (χ3v) is 9.53. The number of nitrogens with zero attached hydrogens (tertiary/aromatic N) is 5. The Kier molecular flexibility index (Phi) is 8.58. The second-order valence-electron chi connectivity index (χ2n) is 17.9. The van der Waals surface area contributed by atoms with Gasteiger partial charge in [0.05, 0.1) is 5.58 Å². The van der Waals surface area contributed by atoms with Gasteiger partial charge in [-0.25, -0.2) is 15.0 Å². The molecule has 0 saturated heterocycles. The largest absolute Gasteiger partial charge is 0.500 e. The van der Waals surface area contributed by atoms with Crippen molar-refractivity contribution >= 4 is 21.9 Å². The van der Waals surface area contributed by atoms with Crippen LogP contribution in [0.5, 0.6) is 0 Å². The van der Waals surface area contributed by atoms with E-state index in [1.807, 2.05) is 48.5 Å². The van der Waals surface area contributed by atoms with Gasteiger partial charge >= 0.3 is 0 Å². The topological polar surface area (TPSA) is 77.6 Å². The minimum absolute atomic E-state index is 0. The maximum atomic E-state index is 8.52. The first-order valence-corrected chi connectivity index (χ1v) is 19.7. The van der Waals surface area contributed by atoms with Crippen molar-refractivity contribution < 1.29 is 43.7 Å². The van der Waals surface area contributed by atoms with Crippen LogP contribution < -0.4 is 0 Å². The van der Waals surface area contributed by atoms with Crippen molar-refractivity contribution in [1.82, 2.24) is 24.9 Å². The van der Waals surface area contributed by atoms with E-state index in [0.29, 0.717) is 33.8 Å². The first-order chi connectivity index (χ1) is 33.9. The number of hydrogen-bond donors (Lipinski definition) is 0. The molecule has 0 spiro atoms. The number of benzene rings is 4. The zero-order chi connectivity index (χ0) is 54.9. The van der Waals surface area contributed by atoms with Crippen molar-refractivity contribution in [3.8, 4) is 45.0 Å². The van der Waals surface area contributed by atoms with E-state index in [-0.39, 0.29) is 64.4 Å². The zero-order valence-corrected chi connectivity index (χ0v) is 38.1. The summed E-state index contributed by atoms with van der Waals surface area (Å²) in [6.45, 7) is 7.60. The SMILES string of the molecule is [2H]C([2H])([2H])c1c[c-]c(-c2cc(C([2H])([2H])C(C)(C)C)c(C([2H])([2H])[2H])cn2)cc1.[2H]C([2H])([2H])c1cnc(-c2[c-]ccc3c2oc2c(-c4cccc(-c5nc(C(C)(C)C)nc(C(C)(C)C)n5)c4)cccc23)cc1C([2H])([2H])[2H].[Ir]. The van der Waals surface area contributed by atoms with Crippen molar-refractivity contribution in [2.24, 2.45) is 5.41 Å². The van der Waals surface area contributed by atoms with Crippen molar-refractivity contribution in [1.29, 1.82) is 0 Å². The van der Waals surface area contributed by atoms with Gasteiger partial charge in [0.1, 0.15) is 17.2 Å². The maximum Gasteiger partial charge on any atom is 0.163 e. The molecule has 4 aromatic heterocycles. The molecule has 0 saturated carbocycles. The normalized spacial score (nSPS) is 16.4. The van der Waals surface area contributed by atoms with Crippen LogP contribution in [0, 0.1) is 45.0 Å². The van der Waals surface area contributed by atoms with E-state index in [0.717, 1.165) is 45.3 Å². The van der Waals surface area contributed by atoms with Crippen molar-refractivity contribution in [2.45, 2.75) is 107 Å². The van der Waals surface area contributed by atoms with E-state index in [1.54, 1.807) is 26.8 Å². The summed E-state index contributed by atoms with van der Waals surface area (Å²) in [7, 11) is 0. The number of aromatic nitrogens is 5. The van der Waals surface area contributed by atoms with Crippen LogP contribution in [0.25, 0.3) is 67.0 Å². The Morgan fingerprint density at radius 2 is 1.31 bits per heavy atom. The van der Waals surface area contributed by atoms with Gasteiger partial charge in [0.25, 0.3) is 0 Å². The molecular formula is C54H57IrN5O-2. The van der Waals surface area contributed by atoms with Crippen LogP contribution in [-0.2, 0) is 37.3 Å². The monoisotopic (exact) mass is 999 g/mol. The van der Waals surface area contributed by atoms with Crippen LogP contribution in [0.4, 0.5) is 0 Å². The molecule has 0 atom stereocenters. The maximum absolute atomic E-state index is 8.52.